The minimum absolute atomic E-state index is 0.00929. The number of hydrogen-bond donors (Lipinski definition) is 1. The van der Waals surface area contributed by atoms with Gasteiger partial charge >= 0.3 is 5.97 Å². The van der Waals surface area contributed by atoms with Crippen LogP contribution in [-0.4, -0.2) is 46.6 Å². The third-order valence-electron chi connectivity index (χ3n) is 5.99. The zero-order valence-corrected chi connectivity index (χ0v) is 16.8. The number of aromatic amines is 1. The fourth-order valence-corrected chi connectivity index (χ4v) is 4.33. The summed E-state index contributed by atoms with van der Waals surface area (Å²) in [5, 5.41) is 0.805. The fourth-order valence-electron chi connectivity index (χ4n) is 4.33. The van der Waals surface area contributed by atoms with Crippen LogP contribution in [0.25, 0.3) is 10.9 Å². The van der Waals surface area contributed by atoms with Gasteiger partial charge in [0.1, 0.15) is 0 Å². The molecule has 7 nitrogen and oxygen atoms in total. The molecule has 2 aromatic rings. The first-order valence-electron chi connectivity index (χ1n) is 10.3. The fraction of sp³-hybridized carbons (Fsp3) is 0.391. The quantitative estimate of drug-likeness (QED) is 0.329. The molecule has 30 heavy (non-hydrogen) atoms. The number of fused-ring (bicyclic) bond motifs is 2. The predicted molar refractivity (Wildman–Crippen MR) is 110 cm³/mol. The Hall–Kier alpha value is -3.22. The Balaban J connectivity index is 1.32. The molecule has 2 amide bonds. The Morgan fingerprint density at radius 2 is 1.83 bits per heavy atom. The molecule has 0 radical (unpaired) electrons. The van der Waals surface area contributed by atoms with Gasteiger partial charge in [-0.05, 0) is 24.8 Å². The molecule has 1 saturated heterocycles. The van der Waals surface area contributed by atoms with Crippen LogP contribution >= 0.6 is 0 Å². The summed E-state index contributed by atoms with van der Waals surface area (Å²) >= 11 is 0. The third kappa shape index (κ3) is 3.56. The number of para-hydroxylation sites is 1. The van der Waals surface area contributed by atoms with E-state index in [4.69, 9.17) is 4.74 Å². The maximum Gasteiger partial charge on any atom is 0.308 e. The molecular weight excluding hydrogens is 384 g/mol. The third-order valence-corrected chi connectivity index (χ3v) is 5.99. The van der Waals surface area contributed by atoms with E-state index in [1.165, 1.54) is 0 Å². The van der Waals surface area contributed by atoms with Crippen molar-refractivity contribution in [2.75, 3.05) is 13.2 Å². The first kappa shape index (κ1) is 20.1. The Morgan fingerprint density at radius 3 is 2.50 bits per heavy atom. The van der Waals surface area contributed by atoms with Crippen LogP contribution < -0.4 is 0 Å². The highest BCUT2D eigenvalue weighted by Crippen LogP contribution is 2.35. The highest BCUT2D eigenvalue weighted by molar-refractivity contribution is 6.09. The molecule has 0 saturated carbocycles. The molecule has 0 bridgehead atoms. The van der Waals surface area contributed by atoms with Gasteiger partial charge in [-0.15, -0.1) is 0 Å². The number of esters is 1. The Morgan fingerprint density at radius 1 is 1.13 bits per heavy atom. The molecule has 1 N–H and O–H groups in total. The van der Waals surface area contributed by atoms with Crippen molar-refractivity contribution in [3.63, 3.8) is 0 Å². The number of hydrogen-bond acceptors (Lipinski definition) is 5. The van der Waals surface area contributed by atoms with Crippen LogP contribution in [0.1, 0.15) is 42.1 Å². The number of H-pyrrole nitrogens is 1. The number of likely N-dealkylation sites (tertiary alicyclic amines) is 1. The number of benzene rings is 1. The van der Waals surface area contributed by atoms with Crippen LogP contribution in [0, 0.1) is 11.8 Å². The normalized spacial score (nSPS) is 20.6. The summed E-state index contributed by atoms with van der Waals surface area (Å²) in [4.78, 5) is 53.8. The molecule has 1 aliphatic carbocycles. The minimum atomic E-state index is -0.606. The Kier molecular flexibility index (Phi) is 5.53. The van der Waals surface area contributed by atoms with Gasteiger partial charge in [-0.25, -0.2) is 0 Å². The second kappa shape index (κ2) is 8.26. The number of nitrogens with zero attached hydrogens (tertiary/aromatic N) is 1. The van der Waals surface area contributed by atoms with E-state index in [0.29, 0.717) is 18.4 Å². The number of rotatable bonds is 7. The largest absolute Gasteiger partial charge is 0.457 e. The molecule has 2 atom stereocenters. The van der Waals surface area contributed by atoms with Crippen molar-refractivity contribution in [1.82, 2.24) is 9.88 Å². The van der Waals surface area contributed by atoms with Crippen LogP contribution in [0.15, 0.2) is 36.5 Å². The zero-order valence-electron chi connectivity index (χ0n) is 16.8. The summed E-state index contributed by atoms with van der Waals surface area (Å²) in [6.45, 7) is 1.66. The number of carbonyl (C=O) groups is 4. The van der Waals surface area contributed by atoms with Crippen molar-refractivity contribution in [2.24, 2.45) is 11.8 Å². The lowest BCUT2D eigenvalue weighted by Crippen LogP contribution is -2.33. The molecule has 1 aliphatic heterocycles. The lowest BCUT2D eigenvalue weighted by molar-refractivity contribution is -0.145. The zero-order chi connectivity index (χ0) is 21.3. The maximum absolute atomic E-state index is 12.5. The number of allylic oxidation sites excluding steroid dienone is 2. The Bertz CT molecular complexity index is 1030. The van der Waals surface area contributed by atoms with E-state index in [0.717, 1.165) is 27.8 Å². The molecule has 156 valence electrons. The number of carbonyl (C=O) groups excluding carboxylic acids is 4. The molecule has 1 fully saturated rings. The summed E-state index contributed by atoms with van der Waals surface area (Å²) < 4.78 is 5.12. The van der Waals surface area contributed by atoms with E-state index < -0.39 is 5.97 Å². The SMILES string of the molecule is CCc1cccc2c(C(=O)COC(=O)CCN3C(=O)[C@H]4CC=CC[C@@H]4C3=O)c[nH]c12. The monoisotopic (exact) mass is 408 g/mol. The number of amides is 2. The van der Waals surface area contributed by atoms with Crippen LogP contribution in [-0.2, 0) is 25.5 Å². The minimum Gasteiger partial charge on any atom is -0.457 e. The van der Waals surface area contributed by atoms with Crippen LogP contribution in [0.4, 0.5) is 0 Å². The molecule has 2 aliphatic rings. The van der Waals surface area contributed by atoms with Crippen LogP contribution in [0.3, 0.4) is 0 Å². The molecule has 2 heterocycles. The second-order valence-electron chi connectivity index (χ2n) is 7.71. The van der Waals surface area contributed by atoms with Gasteiger partial charge in [-0.3, -0.25) is 24.1 Å². The van der Waals surface area contributed by atoms with Gasteiger partial charge in [-0.1, -0.05) is 37.3 Å². The number of ketones is 1. The van der Waals surface area contributed by atoms with E-state index in [2.05, 4.69) is 4.98 Å². The summed E-state index contributed by atoms with van der Waals surface area (Å²) in [5.74, 6) is -1.96. The first-order chi connectivity index (χ1) is 14.5. The summed E-state index contributed by atoms with van der Waals surface area (Å²) in [6.07, 6.45) is 7.33. The Labute approximate surface area is 174 Å². The molecule has 1 aromatic heterocycles. The molecule has 7 heteroatoms. The first-order valence-corrected chi connectivity index (χ1v) is 10.3. The van der Waals surface area contributed by atoms with Crippen molar-refractivity contribution >= 4 is 34.5 Å². The van der Waals surface area contributed by atoms with Crippen molar-refractivity contribution in [2.45, 2.75) is 32.6 Å². The van der Waals surface area contributed by atoms with Gasteiger partial charge in [0.15, 0.2) is 6.61 Å². The van der Waals surface area contributed by atoms with E-state index in [1.807, 2.05) is 37.3 Å². The number of nitrogens with one attached hydrogen (secondary N) is 1. The van der Waals surface area contributed by atoms with Gasteiger partial charge in [0.25, 0.3) is 0 Å². The number of imide groups is 1. The lowest BCUT2D eigenvalue weighted by atomic mass is 9.85. The van der Waals surface area contributed by atoms with E-state index >= 15 is 0 Å². The molecule has 0 spiro atoms. The molecule has 1 aromatic carbocycles. The topological polar surface area (TPSA) is 96.5 Å². The summed E-state index contributed by atoms with van der Waals surface area (Å²) in [5.41, 5.74) is 2.51. The van der Waals surface area contributed by atoms with Gasteiger partial charge in [0.2, 0.25) is 17.6 Å². The predicted octanol–water partition coefficient (Wildman–Crippen LogP) is 2.80. The number of Topliss-reactive ketones (excluding diaryl/α,β-unsaturated/α-hetero) is 1. The van der Waals surface area contributed by atoms with E-state index in [9.17, 15) is 19.2 Å². The standard InChI is InChI=1S/C23H24N2O5/c1-2-14-6-5-9-15-18(12-24-21(14)15)19(26)13-30-20(27)10-11-25-22(28)16-7-3-4-8-17(16)23(25)29/h3-6,9,12,16-17,24H,2,7-8,10-11,13H2,1H3/t16-,17-/m0/s1. The summed E-state index contributed by atoms with van der Waals surface area (Å²) in [7, 11) is 0. The molecule has 0 unspecified atom stereocenters. The smallest absolute Gasteiger partial charge is 0.308 e. The van der Waals surface area contributed by atoms with E-state index in [1.54, 1.807) is 6.20 Å². The lowest BCUT2D eigenvalue weighted by Gasteiger charge is -2.14. The van der Waals surface area contributed by atoms with Crippen molar-refractivity contribution in [3.05, 3.63) is 47.7 Å². The highest BCUT2D eigenvalue weighted by atomic mass is 16.5. The van der Waals surface area contributed by atoms with E-state index in [-0.39, 0.29) is 49.0 Å². The van der Waals surface area contributed by atoms with Crippen LogP contribution in [0.2, 0.25) is 0 Å². The summed E-state index contributed by atoms with van der Waals surface area (Å²) in [6, 6.07) is 5.76. The van der Waals surface area contributed by atoms with Crippen molar-refractivity contribution in [3.8, 4) is 0 Å². The van der Waals surface area contributed by atoms with Gasteiger partial charge in [-0.2, -0.15) is 0 Å². The second-order valence-corrected chi connectivity index (χ2v) is 7.71. The van der Waals surface area contributed by atoms with Gasteiger partial charge in [0, 0.05) is 29.2 Å². The average Bonchev–Trinajstić information content (AvgIpc) is 3.30. The molecule has 4 rings (SSSR count). The van der Waals surface area contributed by atoms with Gasteiger partial charge < -0.3 is 9.72 Å². The number of ether oxygens (including phenoxy) is 1. The van der Waals surface area contributed by atoms with Crippen LogP contribution in [0.5, 0.6) is 0 Å². The van der Waals surface area contributed by atoms with Crippen molar-refractivity contribution < 1.29 is 23.9 Å². The number of aryl methyl sites for hydroxylation is 1. The average molecular weight is 408 g/mol. The van der Waals surface area contributed by atoms with Crippen molar-refractivity contribution in [1.29, 1.82) is 0 Å². The van der Waals surface area contributed by atoms with Gasteiger partial charge in [0.05, 0.1) is 18.3 Å². The maximum atomic E-state index is 12.5. The molecular formula is C23H24N2O5. The highest BCUT2D eigenvalue weighted by Gasteiger charge is 2.46. The number of aromatic nitrogens is 1.